The van der Waals surface area contributed by atoms with Gasteiger partial charge in [0.05, 0.1) is 6.61 Å². The molecule has 2 aromatic rings. The lowest BCUT2D eigenvalue weighted by Gasteiger charge is -2.13. The maximum absolute atomic E-state index is 9.03. The molecule has 0 aliphatic rings. The number of hydrogen-bond acceptors (Lipinski definition) is 2. The van der Waals surface area contributed by atoms with Gasteiger partial charge in [0.2, 0.25) is 0 Å². The van der Waals surface area contributed by atoms with Crippen molar-refractivity contribution in [2.45, 2.75) is 12.5 Å². The molecule has 0 aromatic heterocycles. The molecule has 0 bridgehead atoms. The fraction of sp³-hybridized carbons (Fsp3) is 0.200. The van der Waals surface area contributed by atoms with Gasteiger partial charge in [0, 0.05) is 6.04 Å². The lowest BCUT2D eigenvalue weighted by atomic mass is 9.95. The molecular weight excluding hydrogens is 246 g/mol. The van der Waals surface area contributed by atoms with Gasteiger partial charge in [-0.1, -0.05) is 54.6 Å². The first kappa shape index (κ1) is 14.7. The van der Waals surface area contributed by atoms with Crippen LogP contribution in [0.2, 0.25) is 0 Å². The summed E-state index contributed by atoms with van der Waals surface area (Å²) >= 11 is 0. The van der Waals surface area contributed by atoms with Gasteiger partial charge in [-0.3, -0.25) is 0 Å². The Labute approximate surface area is 114 Å². The Morgan fingerprint density at radius 1 is 0.944 bits per heavy atom. The Bertz CT molecular complexity index is 473. The summed E-state index contributed by atoms with van der Waals surface area (Å²) in [7, 11) is 0. The Hall–Kier alpha value is -1.35. The van der Waals surface area contributed by atoms with Crippen LogP contribution in [0.4, 0.5) is 0 Å². The molecule has 3 N–H and O–H groups in total. The molecular formula is C15H18ClNO. The van der Waals surface area contributed by atoms with Crippen molar-refractivity contribution in [2.24, 2.45) is 5.73 Å². The highest BCUT2D eigenvalue weighted by Crippen LogP contribution is 2.24. The molecule has 2 rings (SSSR count). The van der Waals surface area contributed by atoms with Crippen molar-refractivity contribution < 1.29 is 5.11 Å². The molecule has 0 amide bonds. The minimum absolute atomic E-state index is 0. The molecule has 3 heteroatoms. The summed E-state index contributed by atoms with van der Waals surface area (Å²) in [5.74, 6) is 0. The third-order valence-electron chi connectivity index (χ3n) is 2.82. The summed E-state index contributed by atoms with van der Waals surface area (Å²) in [5.41, 5.74) is 9.36. The second-order valence-electron chi connectivity index (χ2n) is 4.17. The van der Waals surface area contributed by atoms with Crippen molar-refractivity contribution in [1.82, 2.24) is 0 Å². The van der Waals surface area contributed by atoms with E-state index in [-0.39, 0.29) is 25.1 Å². The molecule has 0 aliphatic heterocycles. The number of hydrogen-bond donors (Lipinski definition) is 2. The smallest absolute Gasteiger partial charge is 0.0585 e. The molecule has 1 unspecified atom stereocenters. The van der Waals surface area contributed by atoms with Crippen LogP contribution in [0.5, 0.6) is 0 Å². The van der Waals surface area contributed by atoms with Crippen LogP contribution in [-0.2, 0) is 6.42 Å². The van der Waals surface area contributed by atoms with Crippen molar-refractivity contribution in [3.8, 4) is 11.1 Å². The van der Waals surface area contributed by atoms with Gasteiger partial charge in [-0.15, -0.1) is 12.4 Å². The third kappa shape index (κ3) is 3.57. The van der Waals surface area contributed by atoms with Crippen LogP contribution in [-0.4, -0.2) is 17.8 Å². The van der Waals surface area contributed by atoms with E-state index in [0.29, 0.717) is 6.42 Å². The topological polar surface area (TPSA) is 46.2 Å². The fourth-order valence-corrected chi connectivity index (χ4v) is 1.94. The first-order valence-electron chi connectivity index (χ1n) is 5.81. The zero-order valence-electron chi connectivity index (χ0n) is 10.1. The standard InChI is InChI=1S/C15H17NO.ClH/c16-14(11-17)10-13-8-4-5-9-15(13)12-6-2-1-3-7-12;/h1-9,14,17H,10-11,16H2;1H. The van der Waals surface area contributed by atoms with Gasteiger partial charge < -0.3 is 10.8 Å². The van der Waals surface area contributed by atoms with E-state index in [1.807, 2.05) is 30.3 Å². The fourth-order valence-electron chi connectivity index (χ4n) is 1.94. The number of aliphatic hydroxyl groups excluding tert-OH is 1. The normalized spacial score (nSPS) is 11.7. The maximum atomic E-state index is 9.03. The summed E-state index contributed by atoms with van der Waals surface area (Å²) in [6, 6.07) is 18.2. The Morgan fingerprint density at radius 3 is 2.22 bits per heavy atom. The molecule has 18 heavy (non-hydrogen) atoms. The van der Waals surface area contributed by atoms with E-state index in [1.54, 1.807) is 0 Å². The first-order chi connectivity index (χ1) is 8.31. The van der Waals surface area contributed by atoms with Crippen LogP contribution in [0.1, 0.15) is 5.56 Å². The Kier molecular flexibility index (Phi) is 5.86. The highest BCUT2D eigenvalue weighted by atomic mass is 35.5. The Balaban J connectivity index is 0.00000162. The zero-order valence-corrected chi connectivity index (χ0v) is 10.9. The average Bonchev–Trinajstić information content (AvgIpc) is 2.40. The second-order valence-corrected chi connectivity index (χ2v) is 4.17. The molecule has 0 heterocycles. The molecule has 0 saturated heterocycles. The highest BCUT2D eigenvalue weighted by Gasteiger charge is 2.07. The van der Waals surface area contributed by atoms with Crippen molar-refractivity contribution >= 4 is 12.4 Å². The summed E-state index contributed by atoms with van der Waals surface area (Å²) in [6.45, 7) is 0.0170. The van der Waals surface area contributed by atoms with E-state index in [0.717, 1.165) is 0 Å². The summed E-state index contributed by atoms with van der Waals surface area (Å²) < 4.78 is 0. The van der Waals surface area contributed by atoms with Crippen LogP contribution < -0.4 is 5.73 Å². The average molecular weight is 264 g/mol. The molecule has 1 atom stereocenters. The van der Waals surface area contributed by atoms with Gasteiger partial charge in [-0.25, -0.2) is 0 Å². The van der Waals surface area contributed by atoms with Crippen molar-refractivity contribution in [1.29, 1.82) is 0 Å². The molecule has 0 aliphatic carbocycles. The van der Waals surface area contributed by atoms with Gasteiger partial charge in [-0.05, 0) is 23.1 Å². The maximum Gasteiger partial charge on any atom is 0.0585 e. The monoisotopic (exact) mass is 263 g/mol. The molecule has 0 saturated carbocycles. The zero-order chi connectivity index (χ0) is 12.1. The van der Waals surface area contributed by atoms with E-state index in [9.17, 15) is 0 Å². The number of aliphatic hydroxyl groups is 1. The van der Waals surface area contributed by atoms with Gasteiger partial charge in [0.1, 0.15) is 0 Å². The van der Waals surface area contributed by atoms with Crippen LogP contribution in [0.25, 0.3) is 11.1 Å². The van der Waals surface area contributed by atoms with E-state index < -0.39 is 0 Å². The second kappa shape index (κ2) is 7.17. The highest BCUT2D eigenvalue weighted by molar-refractivity contribution is 5.85. The van der Waals surface area contributed by atoms with Gasteiger partial charge in [-0.2, -0.15) is 0 Å². The van der Waals surface area contributed by atoms with Crippen LogP contribution >= 0.6 is 12.4 Å². The SMILES string of the molecule is Cl.NC(CO)Cc1ccccc1-c1ccccc1. The number of rotatable bonds is 4. The van der Waals surface area contributed by atoms with Gasteiger partial charge in [0.25, 0.3) is 0 Å². The van der Waals surface area contributed by atoms with E-state index in [4.69, 9.17) is 10.8 Å². The first-order valence-corrected chi connectivity index (χ1v) is 5.81. The van der Waals surface area contributed by atoms with Crippen molar-refractivity contribution in [3.05, 3.63) is 60.2 Å². The van der Waals surface area contributed by atoms with Gasteiger partial charge in [0.15, 0.2) is 0 Å². The Morgan fingerprint density at radius 2 is 1.56 bits per heavy atom. The minimum atomic E-state index is -0.195. The predicted octanol–water partition coefficient (Wildman–Crippen LogP) is 2.64. The molecule has 2 aromatic carbocycles. The van der Waals surface area contributed by atoms with Crippen molar-refractivity contribution in [3.63, 3.8) is 0 Å². The van der Waals surface area contributed by atoms with Crippen LogP contribution in [0.3, 0.4) is 0 Å². The minimum Gasteiger partial charge on any atom is -0.395 e. The van der Waals surface area contributed by atoms with Gasteiger partial charge >= 0.3 is 0 Å². The molecule has 96 valence electrons. The van der Waals surface area contributed by atoms with Crippen LogP contribution in [0.15, 0.2) is 54.6 Å². The van der Waals surface area contributed by atoms with Crippen LogP contribution in [0, 0.1) is 0 Å². The molecule has 0 fully saturated rings. The quantitative estimate of drug-likeness (QED) is 0.891. The number of halogens is 1. The number of benzene rings is 2. The lowest BCUT2D eigenvalue weighted by molar-refractivity contribution is 0.265. The van der Waals surface area contributed by atoms with E-state index in [2.05, 4.69) is 24.3 Å². The molecule has 0 radical (unpaired) electrons. The summed E-state index contributed by atoms with van der Waals surface area (Å²) in [6.07, 6.45) is 0.696. The molecule has 0 spiro atoms. The largest absolute Gasteiger partial charge is 0.395 e. The molecule has 2 nitrogen and oxygen atoms in total. The van der Waals surface area contributed by atoms with E-state index >= 15 is 0 Å². The van der Waals surface area contributed by atoms with Crippen molar-refractivity contribution in [2.75, 3.05) is 6.61 Å². The summed E-state index contributed by atoms with van der Waals surface area (Å²) in [5, 5.41) is 9.03. The third-order valence-corrected chi connectivity index (χ3v) is 2.82. The predicted molar refractivity (Wildman–Crippen MR) is 77.9 cm³/mol. The lowest BCUT2D eigenvalue weighted by Crippen LogP contribution is -2.27. The van der Waals surface area contributed by atoms with E-state index in [1.165, 1.54) is 16.7 Å². The summed E-state index contributed by atoms with van der Waals surface area (Å²) in [4.78, 5) is 0. The number of nitrogens with two attached hydrogens (primary N) is 1.